The molecule has 0 aliphatic carbocycles. The molecule has 0 saturated carbocycles. The number of carbonyl (C=O) groups is 2. The number of rotatable bonds is 13. The monoisotopic (exact) mass is 484 g/mol. The molecule has 1 aromatic carbocycles. The number of nitrogens with one attached hydrogen (secondary N) is 3. The Balaban J connectivity index is -0.000000520. The van der Waals surface area contributed by atoms with E-state index >= 15 is 0 Å². The standard InChI is InChI=1S/C24H38N4O2.C2H6.H3P.3H2/c1-7-10-11-14-26-19(5)24(30)28(18(4)8-2)17-23(29)27-16-20-12-13-21(9-3)22(15-20)25-6;1-2;;;;/h8-9,12-13,15,19,25-26H,3,7,10-11,14,16-17H2,1-2,4-6H3,(H,27,29);1-2H3;1H3;3*1H/b18-8-;;;;;. The summed E-state index contributed by atoms with van der Waals surface area (Å²) in [6, 6.07) is 5.57. The quantitative estimate of drug-likeness (QED) is 0.247. The van der Waals surface area contributed by atoms with Crippen LogP contribution >= 0.6 is 9.90 Å². The summed E-state index contributed by atoms with van der Waals surface area (Å²) in [5.41, 5.74) is 3.71. The average molecular weight is 485 g/mol. The van der Waals surface area contributed by atoms with Gasteiger partial charge < -0.3 is 20.9 Å². The van der Waals surface area contributed by atoms with Crippen LogP contribution in [0, 0.1) is 0 Å². The smallest absolute Gasteiger partial charge is 0.244 e. The minimum absolute atomic E-state index is 0. The topological polar surface area (TPSA) is 73.5 Å². The minimum Gasteiger partial charge on any atom is -0.388 e. The fraction of sp³-hybridized carbons (Fsp3) is 0.538. The van der Waals surface area contributed by atoms with Crippen molar-refractivity contribution in [1.82, 2.24) is 15.5 Å². The van der Waals surface area contributed by atoms with Crippen molar-refractivity contribution in [2.24, 2.45) is 0 Å². The second kappa shape index (κ2) is 19.3. The Morgan fingerprint density at radius 3 is 2.45 bits per heavy atom. The van der Waals surface area contributed by atoms with E-state index in [9.17, 15) is 9.59 Å². The predicted octanol–water partition coefficient (Wildman–Crippen LogP) is 5.73. The molecule has 2 unspecified atom stereocenters. The minimum atomic E-state index is -0.339. The van der Waals surface area contributed by atoms with E-state index in [1.807, 2.05) is 65.9 Å². The van der Waals surface area contributed by atoms with Crippen LogP contribution in [0.15, 0.2) is 36.6 Å². The molecule has 6 nitrogen and oxygen atoms in total. The third kappa shape index (κ3) is 12.0. The van der Waals surface area contributed by atoms with Gasteiger partial charge >= 0.3 is 0 Å². The van der Waals surface area contributed by atoms with Gasteiger partial charge in [-0.15, -0.1) is 0 Å². The molecular formula is C26H53N4O2P. The highest BCUT2D eigenvalue weighted by Crippen LogP contribution is 2.18. The van der Waals surface area contributed by atoms with Crippen molar-refractivity contribution in [3.8, 4) is 0 Å². The second-order valence-electron chi connectivity index (χ2n) is 7.39. The number of allylic oxidation sites excluding steroid dienone is 2. The van der Waals surface area contributed by atoms with Crippen LogP contribution in [0.1, 0.15) is 76.2 Å². The van der Waals surface area contributed by atoms with Gasteiger partial charge in [0.05, 0.1) is 6.04 Å². The van der Waals surface area contributed by atoms with Crippen molar-refractivity contribution >= 4 is 33.5 Å². The van der Waals surface area contributed by atoms with Crippen LogP contribution in [0.3, 0.4) is 0 Å². The van der Waals surface area contributed by atoms with Gasteiger partial charge in [-0.05, 0) is 50.9 Å². The molecule has 3 N–H and O–H groups in total. The second-order valence-corrected chi connectivity index (χ2v) is 7.39. The molecule has 0 spiro atoms. The van der Waals surface area contributed by atoms with Crippen LogP contribution in [0.2, 0.25) is 0 Å². The number of hydrogen-bond acceptors (Lipinski definition) is 4. The number of benzene rings is 1. The van der Waals surface area contributed by atoms with Crippen molar-refractivity contribution in [2.45, 2.75) is 73.4 Å². The van der Waals surface area contributed by atoms with Gasteiger partial charge in [0, 0.05) is 29.3 Å². The fourth-order valence-electron chi connectivity index (χ4n) is 3.05. The highest BCUT2D eigenvalue weighted by atomic mass is 31.0. The molecule has 0 radical (unpaired) electrons. The van der Waals surface area contributed by atoms with Crippen LogP contribution in [0.5, 0.6) is 0 Å². The lowest BCUT2D eigenvalue weighted by atomic mass is 10.1. The summed E-state index contributed by atoms with van der Waals surface area (Å²) in [5.74, 6) is -0.286. The Labute approximate surface area is 209 Å². The third-order valence-corrected chi connectivity index (χ3v) is 5.11. The first-order valence-corrected chi connectivity index (χ1v) is 11.7. The van der Waals surface area contributed by atoms with E-state index < -0.39 is 0 Å². The van der Waals surface area contributed by atoms with Gasteiger partial charge in [0.25, 0.3) is 0 Å². The lowest BCUT2D eigenvalue weighted by Gasteiger charge is -2.26. The van der Waals surface area contributed by atoms with Crippen molar-refractivity contribution in [2.75, 3.05) is 25.5 Å². The molecule has 0 fully saturated rings. The summed E-state index contributed by atoms with van der Waals surface area (Å²) in [4.78, 5) is 27.0. The summed E-state index contributed by atoms with van der Waals surface area (Å²) in [5, 5.41) is 9.31. The lowest BCUT2D eigenvalue weighted by molar-refractivity contribution is -0.135. The van der Waals surface area contributed by atoms with Gasteiger partial charge in [0.15, 0.2) is 0 Å². The van der Waals surface area contributed by atoms with Crippen LogP contribution in [-0.4, -0.2) is 42.9 Å². The van der Waals surface area contributed by atoms with Gasteiger partial charge in [0.1, 0.15) is 6.54 Å². The van der Waals surface area contributed by atoms with Gasteiger partial charge in [-0.2, -0.15) is 9.90 Å². The molecule has 0 bridgehead atoms. The van der Waals surface area contributed by atoms with Crippen molar-refractivity contribution in [3.05, 3.63) is 47.7 Å². The maximum absolute atomic E-state index is 12.9. The zero-order valence-electron chi connectivity index (χ0n) is 21.9. The summed E-state index contributed by atoms with van der Waals surface area (Å²) < 4.78 is 0. The Hall–Kier alpha value is -2.17. The SMILES string of the molecule is C=Cc1ccc(CNC(=O)CN(C(=O)C(C)NCCCCC)/C(C)=C\C)cc1NC.CC.P.[HH].[HH].[HH]. The predicted molar refractivity (Wildman–Crippen MR) is 155 cm³/mol. The van der Waals surface area contributed by atoms with E-state index in [4.69, 9.17) is 0 Å². The number of hydrogen-bond donors (Lipinski definition) is 3. The lowest BCUT2D eigenvalue weighted by Crippen LogP contribution is -2.47. The number of amides is 2. The van der Waals surface area contributed by atoms with Crippen molar-refractivity contribution in [1.29, 1.82) is 0 Å². The van der Waals surface area contributed by atoms with Crippen LogP contribution < -0.4 is 16.0 Å². The maximum Gasteiger partial charge on any atom is 0.244 e. The number of carbonyl (C=O) groups excluding carboxylic acids is 2. The summed E-state index contributed by atoms with van der Waals surface area (Å²) in [7, 11) is 1.85. The van der Waals surface area contributed by atoms with E-state index in [0.29, 0.717) is 6.54 Å². The van der Waals surface area contributed by atoms with Crippen molar-refractivity contribution < 1.29 is 13.9 Å². The molecule has 194 valence electrons. The molecular weight excluding hydrogens is 431 g/mol. The van der Waals surface area contributed by atoms with Crippen LogP contribution in [0.25, 0.3) is 6.08 Å². The summed E-state index contributed by atoms with van der Waals surface area (Å²) in [6.07, 6.45) is 6.95. The number of unbranched alkanes of at least 4 members (excludes halogenated alkanes) is 2. The highest BCUT2D eigenvalue weighted by molar-refractivity contribution is 6.92. The molecule has 33 heavy (non-hydrogen) atoms. The normalized spacial score (nSPS) is 11.3. The number of nitrogens with zero attached hydrogens (tertiary/aromatic N) is 1. The molecule has 0 aromatic heterocycles. The molecule has 1 rings (SSSR count). The van der Waals surface area contributed by atoms with E-state index in [-0.39, 0.29) is 38.6 Å². The first-order valence-electron chi connectivity index (χ1n) is 11.7. The van der Waals surface area contributed by atoms with Crippen LogP contribution in [-0.2, 0) is 16.1 Å². The van der Waals surface area contributed by atoms with Crippen molar-refractivity contribution in [3.63, 3.8) is 0 Å². The largest absolute Gasteiger partial charge is 0.388 e. The highest BCUT2D eigenvalue weighted by Gasteiger charge is 2.23. The molecule has 0 aliphatic rings. The van der Waals surface area contributed by atoms with Gasteiger partial charge in [-0.1, -0.05) is 64.5 Å². The van der Waals surface area contributed by atoms with Gasteiger partial charge in [-0.3, -0.25) is 9.59 Å². The van der Waals surface area contributed by atoms with Gasteiger partial charge in [-0.25, -0.2) is 0 Å². The van der Waals surface area contributed by atoms with Gasteiger partial charge in [0.2, 0.25) is 11.8 Å². The Morgan fingerprint density at radius 1 is 1.24 bits per heavy atom. The fourth-order valence-corrected chi connectivity index (χ4v) is 3.05. The Morgan fingerprint density at radius 2 is 1.91 bits per heavy atom. The molecule has 0 aliphatic heterocycles. The van der Waals surface area contributed by atoms with E-state index in [2.05, 4.69) is 29.5 Å². The first kappa shape index (κ1) is 33.0. The molecule has 7 heteroatoms. The molecule has 0 heterocycles. The van der Waals surface area contributed by atoms with E-state index in [0.717, 1.165) is 48.3 Å². The maximum atomic E-state index is 12.9. The zero-order valence-corrected chi connectivity index (χ0v) is 23.3. The third-order valence-electron chi connectivity index (χ3n) is 5.11. The number of anilines is 1. The Kier molecular flexibility index (Phi) is 19.3. The molecule has 2 atom stereocenters. The average Bonchev–Trinajstić information content (AvgIpc) is 2.83. The summed E-state index contributed by atoms with van der Waals surface area (Å²) in [6.45, 7) is 16.7. The zero-order chi connectivity index (χ0) is 24.5. The first-order chi connectivity index (χ1) is 15.4. The molecule has 2 amide bonds. The van der Waals surface area contributed by atoms with E-state index in [1.54, 1.807) is 11.0 Å². The Bertz CT molecular complexity index is 765. The van der Waals surface area contributed by atoms with Crippen LogP contribution in [0.4, 0.5) is 5.69 Å². The molecule has 1 aromatic rings. The summed E-state index contributed by atoms with van der Waals surface area (Å²) >= 11 is 0. The molecule has 0 saturated heterocycles. The van der Waals surface area contributed by atoms with E-state index in [1.165, 1.54) is 0 Å².